The summed E-state index contributed by atoms with van der Waals surface area (Å²) in [5.74, 6) is 0.468. The molecule has 1 aromatic rings. The van der Waals surface area contributed by atoms with Gasteiger partial charge in [-0.1, -0.05) is 19.1 Å². The number of carbonyl (C=O) groups excluding carboxylic acids is 2. The van der Waals surface area contributed by atoms with Gasteiger partial charge in [0.05, 0.1) is 6.10 Å². The van der Waals surface area contributed by atoms with Crippen LogP contribution < -0.4 is 10.1 Å². The molecule has 1 heterocycles. The highest BCUT2D eigenvalue weighted by atomic mass is 16.5. The van der Waals surface area contributed by atoms with E-state index in [9.17, 15) is 9.59 Å². The van der Waals surface area contributed by atoms with Crippen LogP contribution in [0.3, 0.4) is 0 Å². The average Bonchev–Trinajstić information content (AvgIpc) is 2.68. The van der Waals surface area contributed by atoms with E-state index >= 15 is 0 Å². The summed E-state index contributed by atoms with van der Waals surface area (Å²) in [6, 6.07) is 7.00. The minimum absolute atomic E-state index is 0.170. The molecule has 2 rings (SSSR count). The molecule has 20 heavy (non-hydrogen) atoms. The molecular formula is C15H18N2O3. The van der Waals surface area contributed by atoms with Crippen molar-refractivity contribution in [3.8, 4) is 5.75 Å². The van der Waals surface area contributed by atoms with Gasteiger partial charge in [-0.15, -0.1) is 0 Å². The monoisotopic (exact) mass is 274 g/mol. The smallest absolute Gasteiger partial charge is 0.328 e. The molecule has 0 aromatic heterocycles. The largest absolute Gasteiger partial charge is 0.491 e. The number of nitrogens with one attached hydrogen (secondary N) is 1. The maximum absolute atomic E-state index is 11.7. The van der Waals surface area contributed by atoms with Crippen LogP contribution >= 0.6 is 0 Å². The fourth-order valence-electron chi connectivity index (χ4n) is 1.75. The van der Waals surface area contributed by atoms with Crippen molar-refractivity contribution in [3.63, 3.8) is 0 Å². The first-order valence-corrected chi connectivity index (χ1v) is 6.58. The zero-order chi connectivity index (χ0) is 14.7. The molecule has 1 aliphatic rings. The van der Waals surface area contributed by atoms with Gasteiger partial charge in [-0.25, -0.2) is 4.79 Å². The summed E-state index contributed by atoms with van der Waals surface area (Å²) in [7, 11) is 1.45. The number of benzene rings is 1. The molecular weight excluding hydrogens is 256 g/mol. The lowest BCUT2D eigenvalue weighted by Gasteiger charge is -2.12. The van der Waals surface area contributed by atoms with Crippen molar-refractivity contribution in [2.24, 2.45) is 0 Å². The van der Waals surface area contributed by atoms with Crippen LogP contribution in [0, 0.1) is 0 Å². The van der Waals surface area contributed by atoms with Crippen LogP contribution in [0.15, 0.2) is 30.0 Å². The second kappa shape index (κ2) is 5.77. The van der Waals surface area contributed by atoms with Crippen molar-refractivity contribution in [1.29, 1.82) is 0 Å². The fourth-order valence-corrected chi connectivity index (χ4v) is 1.75. The first-order chi connectivity index (χ1) is 9.51. The van der Waals surface area contributed by atoms with Gasteiger partial charge in [0.25, 0.3) is 5.91 Å². The van der Waals surface area contributed by atoms with Gasteiger partial charge in [-0.05, 0) is 37.1 Å². The van der Waals surface area contributed by atoms with E-state index in [1.807, 2.05) is 31.2 Å². The molecule has 1 atom stereocenters. The Morgan fingerprint density at radius 2 is 1.95 bits per heavy atom. The van der Waals surface area contributed by atoms with Gasteiger partial charge in [0.2, 0.25) is 0 Å². The molecule has 1 saturated heterocycles. The van der Waals surface area contributed by atoms with E-state index in [4.69, 9.17) is 4.74 Å². The van der Waals surface area contributed by atoms with E-state index in [-0.39, 0.29) is 17.7 Å². The number of amides is 3. The van der Waals surface area contributed by atoms with Crippen LogP contribution in [0.1, 0.15) is 25.8 Å². The number of ether oxygens (including phenoxy) is 1. The van der Waals surface area contributed by atoms with Gasteiger partial charge in [-0.2, -0.15) is 0 Å². The minimum atomic E-state index is -0.405. The highest BCUT2D eigenvalue weighted by Gasteiger charge is 2.29. The molecule has 1 aliphatic heterocycles. The number of hydrogen-bond donors (Lipinski definition) is 1. The second-order valence-corrected chi connectivity index (χ2v) is 4.76. The SMILES string of the molecule is CC[C@H](C)Oc1ccc(/C=C2/NC(=O)N(C)C2=O)cc1. The van der Waals surface area contributed by atoms with Gasteiger partial charge in [0.1, 0.15) is 11.4 Å². The van der Waals surface area contributed by atoms with E-state index in [0.717, 1.165) is 22.6 Å². The quantitative estimate of drug-likeness (QED) is 0.677. The van der Waals surface area contributed by atoms with Gasteiger partial charge >= 0.3 is 6.03 Å². The minimum Gasteiger partial charge on any atom is -0.491 e. The van der Waals surface area contributed by atoms with Crippen molar-refractivity contribution in [2.75, 3.05) is 7.05 Å². The predicted molar refractivity (Wildman–Crippen MR) is 76.1 cm³/mol. The van der Waals surface area contributed by atoms with Gasteiger partial charge in [0, 0.05) is 7.05 Å². The third kappa shape index (κ3) is 2.99. The lowest BCUT2D eigenvalue weighted by molar-refractivity contribution is -0.121. The van der Waals surface area contributed by atoms with Crippen molar-refractivity contribution in [1.82, 2.24) is 10.2 Å². The Hall–Kier alpha value is -2.30. The lowest BCUT2D eigenvalue weighted by atomic mass is 10.2. The van der Waals surface area contributed by atoms with Crippen molar-refractivity contribution >= 4 is 18.0 Å². The van der Waals surface area contributed by atoms with E-state index in [1.165, 1.54) is 7.05 Å². The summed E-state index contributed by atoms with van der Waals surface area (Å²) in [6.45, 7) is 4.08. The molecule has 1 fully saturated rings. The summed E-state index contributed by atoms with van der Waals surface area (Å²) < 4.78 is 5.68. The number of imide groups is 1. The number of carbonyl (C=O) groups is 2. The summed E-state index contributed by atoms with van der Waals surface area (Å²) in [4.78, 5) is 24.1. The summed E-state index contributed by atoms with van der Waals surface area (Å²) in [6.07, 6.45) is 2.76. The highest BCUT2D eigenvalue weighted by molar-refractivity contribution is 6.13. The Balaban J connectivity index is 2.11. The Morgan fingerprint density at radius 3 is 2.45 bits per heavy atom. The number of urea groups is 1. The molecule has 1 aromatic carbocycles. The average molecular weight is 274 g/mol. The van der Waals surface area contributed by atoms with E-state index in [0.29, 0.717) is 0 Å². The number of likely N-dealkylation sites (N-methyl/N-ethyl adjacent to an activating group) is 1. The number of rotatable bonds is 4. The van der Waals surface area contributed by atoms with Gasteiger partial charge in [-0.3, -0.25) is 9.69 Å². The molecule has 5 heteroatoms. The maximum Gasteiger partial charge on any atom is 0.328 e. The molecule has 0 radical (unpaired) electrons. The van der Waals surface area contributed by atoms with Crippen LogP contribution in [0.2, 0.25) is 0 Å². The molecule has 0 bridgehead atoms. The van der Waals surface area contributed by atoms with Gasteiger partial charge < -0.3 is 10.1 Å². The third-order valence-electron chi connectivity index (χ3n) is 3.18. The molecule has 106 valence electrons. The zero-order valence-corrected chi connectivity index (χ0v) is 11.8. The van der Waals surface area contributed by atoms with Crippen LogP contribution in [0.5, 0.6) is 5.75 Å². The van der Waals surface area contributed by atoms with Crippen LogP contribution in [0.25, 0.3) is 6.08 Å². The molecule has 0 unspecified atom stereocenters. The standard InChI is InChI=1S/C15H18N2O3/c1-4-10(2)20-12-7-5-11(6-8-12)9-13-14(18)17(3)15(19)16-13/h5-10H,4H2,1-3H3,(H,16,19)/b13-9+/t10-/m0/s1. The molecule has 0 saturated carbocycles. The Morgan fingerprint density at radius 1 is 1.30 bits per heavy atom. The first-order valence-electron chi connectivity index (χ1n) is 6.58. The van der Waals surface area contributed by atoms with E-state index < -0.39 is 6.03 Å². The normalized spacial score (nSPS) is 18.4. The summed E-state index contributed by atoms with van der Waals surface area (Å²) in [5.41, 5.74) is 1.12. The zero-order valence-electron chi connectivity index (χ0n) is 11.8. The van der Waals surface area contributed by atoms with E-state index in [1.54, 1.807) is 6.08 Å². The number of nitrogens with zero attached hydrogens (tertiary/aromatic N) is 1. The lowest BCUT2D eigenvalue weighted by Crippen LogP contribution is -2.25. The van der Waals surface area contributed by atoms with Crippen LogP contribution in [-0.4, -0.2) is 30.0 Å². The predicted octanol–water partition coefficient (Wildman–Crippen LogP) is 2.39. The summed E-state index contributed by atoms with van der Waals surface area (Å²) >= 11 is 0. The number of hydrogen-bond acceptors (Lipinski definition) is 3. The Labute approximate surface area is 118 Å². The maximum atomic E-state index is 11.7. The molecule has 1 N–H and O–H groups in total. The second-order valence-electron chi connectivity index (χ2n) is 4.76. The first kappa shape index (κ1) is 14.1. The topological polar surface area (TPSA) is 58.6 Å². The Kier molecular flexibility index (Phi) is 4.08. The van der Waals surface area contributed by atoms with Crippen LogP contribution in [-0.2, 0) is 4.79 Å². The fraction of sp³-hybridized carbons (Fsp3) is 0.333. The highest BCUT2D eigenvalue weighted by Crippen LogP contribution is 2.18. The molecule has 5 nitrogen and oxygen atoms in total. The van der Waals surface area contributed by atoms with Gasteiger partial charge in [0.15, 0.2) is 0 Å². The molecule has 0 aliphatic carbocycles. The molecule has 3 amide bonds. The van der Waals surface area contributed by atoms with Crippen LogP contribution in [0.4, 0.5) is 4.79 Å². The van der Waals surface area contributed by atoms with Crippen molar-refractivity contribution in [2.45, 2.75) is 26.4 Å². The Bertz CT molecular complexity index is 549. The van der Waals surface area contributed by atoms with Crippen molar-refractivity contribution < 1.29 is 14.3 Å². The van der Waals surface area contributed by atoms with E-state index in [2.05, 4.69) is 12.2 Å². The third-order valence-corrected chi connectivity index (χ3v) is 3.18. The van der Waals surface area contributed by atoms with Crippen molar-refractivity contribution in [3.05, 3.63) is 35.5 Å². The summed E-state index contributed by atoms with van der Waals surface area (Å²) in [5, 5.41) is 2.53. The molecule has 0 spiro atoms.